The van der Waals surface area contributed by atoms with Crippen LogP contribution in [0.3, 0.4) is 0 Å². The first-order valence-corrected chi connectivity index (χ1v) is 4.25. The number of halogens is 2. The minimum atomic E-state index is -1.40. The number of ether oxygens (including phenoxy) is 1. The normalized spacial score (nSPS) is 12.3. The van der Waals surface area contributed by atoms with E-state index in [0.717, 1.165) is 13.2 Å². The van der Waals surface area contributed by atoms with Crippen molar-refractivity contribution < 1.29 is 23.4 Å². The van der Waals surface area contributed by atoms with Crippen LogP contribution < -0.4 is 0 Å². The van der Waals surface area contributed by atoms with Gasteiger partial charge in [-0.25, -0.2) is 8.78 Å². The molecule has 0 amide bonds. The third-order valence-electron chi connectivity index (χ3n) is 1.93. The smallest absolute Gasteiger partial charge is 0.308 e. The highest BCUT2D eigenvalue weighted by molar-refractivity contribution is 5.70. The fourth-order valence-corrected chi connectivity index (χ4v) is 1.13. The average molecular weight is 216 g/mol. The molecular formula is C10H10F2O3. The Kier molecular flexibility index (Phi) is 3.74. The maximum atomic E-state index is 13.1. The number of hydrogen-bond donors (Lipinski definition) is 1. The molecule has 1 aromatic carbocycles. The number of carbonyl (C=O) groups is 1. The molecule has 0 saturated carbocycles. The number of methoxy groups -OCH3 is 1. The number of benzene rings is 1. The number of aliphatic hydroxyl groups is 1. The molecule has 3 nitrogen and oxygen atoms in total. The van der Waals surface area contributed by atoms with Crippen molar-refractivity contribution in [2.75, 3.05) is 7.11 Å². The zero-order valence-electron chi connectivity index (χ0n) is 8.04. The van der Waals surface area contributed by atoms with Gasteiger partial charge in [-0.3, -0.25) is 4.79 Å². The second-order valence-electron chi connectivity index (χ2n) is 2.94. The van der Waals surface area contributed by atoms with Gasteiger partial charge in [0, 0.05) is 5.56 Å². The predicted molar refractivity (Wildman–Crippen MR) is 48.0 cm³/mol. The van der Waals surface area contributed by atoms with Gasteiger partial charge in [0.15, 0.2) is 11.6 Å². The number of hydrogen-bond acceptors (Lipinski definition) is 3. The molecule has 0 aliphatic carbocycles. The molecule has 0 heterocycles. The van der Waals surface area contributed by atoms with E-state index < -0.39 is 30.1 Å². The van der Waals surface area contributed by atoms with Crippen LogP contribution in [-0.4, -0.2) is 18.2 Å². The minimum absolute atomic E-state index is 0.250. The Labute approximate surface area is 85.3 Å². The van der Waals surface area contributed by atoms with Gasteiger partial charge in [-0.15, -0.1) is 0 Å². The van der Waals surface area contributed by atoms with Crippen molar-refractivity contribution in [1.29, 1.82) is 0 Å². The largest absolute Gasteiger partial charge is 0.469 e. The summed E-state index contributed by atoms with van der Waals surface area (Å²) in [6, 6.07) is 3.41. The van der Waals surface area contributed by atoms with Crippen LogP contribution in [-0.2, 0) is 9.53 Å². The maximum Gasteiger partial charge on any atom is 0.308 e. The van der Waals surface area contributed by atoms with Gasteiger partial charge in [0.25, 0.3) is 0 Å². The first-order valence-electron chi connectivity index (χ1n) is 4.25. The zero-order chi connectivity index (χ0) is 11.4. The highest BCUT2D eigenvalue weighted by Crippen LogP contribution is 2.21. The molecule has 1 atom stereocenters. The molecule has 1 unspecified atom stereocenters. The molecule has 0 aliphatic rings. The number of rotatable bonds is 3. The van der Waals surface area contributed by atoms with Gasteiger partial charge in [0.2, 0.25) is 0 Å². The van der Waals surface area contributed by atoms with Crippen molar-refractivity contribution >= 4 is 5.97 Å². The van der Waals surface area contributed by atoms with Gasteiger partial charge < -0.3 is 9.84 Å². The number of carbonyl (C=O) groups excluding carboxylic acids is 1. The molecule has 15 heavy (non-hydrogen) atoms. The quantitative estimate of drug-likeness (QED) is 0.780. The molecule has 0 bridgehead atoms. The minimum Gasteiger partial charge on any atom is -0.469 e. The summed E-state index contributed by atoms with van der Waals surface area (Å²) in [7, 11) is 1.15. The maximum absolute atomic E-state index is 13.1. The lowest BCUT2D eigenvalue weighted by atomic mass is 10.1. The van der Waals surface area contributed by atoms with E-state index in [-0.39, 0.29) is 5.56 Å². The molecule has 0 aromatic heterocycles. The van der Waals surface area contributed by atoms with Crippen molar-refractivity contribution in [2.24, 2.45) is 0 Å². The molecule has 5 heteroatoms. The van der Waals surface area contributed by atoms with Crippen LogP contribution >= 0.6 is 0 Å². The summed E-state index contributed by atoms with van der Waals surface area (Å²) in [6.07, 6.45) is -1.80. The Morgan fingerprint density at radius 2 is 2.20 bits per heavy atom. The van der Waals surface area contributed by atoms with Crippen LogP contribution in [0.2, 0.25) is 0 Å². The second kappa shape index (κ2) is 4.84. The topological polar surface area (TPSA) is 46.5 Å². The lowest BCUT2D eigenvalue weighted by Gasteiger charge is -2.10. The van der Waals surface area contributed by atoms with E-state index >= 15 is 0 Å². The standard InChI is InChI=1S/C10H10F2O3/c1-15-9(14)5-8(13)6-3-2-4-7(11)10(6)12/h2-4,8,13H,5H2,1H3. The van der Waals surface area contributed by atoms with Crippen LogP contribution in [0.1, 0.15) is 18.1 Å². The fraction of sp³-hybridized carbons (Fsp3) is 0.300. The Bertz CT molecular complexity index is 366. The second-order valence-corrected chi connectivity index (χ2v) is 2.94. The molecule has 1 N–H and O–H groups in total. The van der Waals surface area contributed by atoms with Gasteiger partial charge in [-0.05, 0) is 6.07 Å². The highest BCUT2D eigenvalue weighted by atomic mass is 19.2. The first-order chi connectivity index (χ1) is 7.06. The lowest BCUT2D eigenvalue weighted by molar-refractivity contribution is -0.142. The van der Waals surface area contributed by atoms with Crippen molar-refractivity contribution in [3.05, 3.63) is 35.4 Å². The van der Waals surface area contributed by atoms with E-state index in [2.05, 4.69) is 4.74 Å². The Hall–Kier alpha value is -1.49. The van der Waals surface area contributed by atoms with Crippen molar-refractivity contribution in [1.82, 2.24) is 0 Å². The molecule has 82 valence electrons. The number of aliphatic hydroxyl groups excluding tert-OH is 1. The molecular weight excluding hydrogens is 206 g/mol. The Balaban J connectivity index is 2.86. The SMILES string of the molecule is COC(=O)CC(O)c1cccc(F)c1F. The summed E-state index contributed by atoms with van der Waals surface area (Å²) >= 11 is 0. The van der Waals surface area contributed by atoms with Crippen LogP contribution in [0.4, 0.5) is 8.78 Å². The van der Waals surface area contributed by atoms with E-state index in [9.17, 15) is 18.7 Å². The summed E-state index contributed by atoms with van der Waals surface area (Å²) in [5, 5.41) is 9.42. The first kappa shape index (κ1) is 11.6. The van der Waals surface area contributed by atoms with Gasteiger partial charge in [-0.1, -0.05) is 12.1 Å². The van der Waals surface area contributed by atoms with E-state index in [1.165, 1.54) is 12.1 Å². The van der Waals surface area contributed by atoms with Gasteiger partial charge in [0.1, 0.15) is 0 Å². The van der Waals surface area contributed by atoms with Crippen molar-refractivity contribution in [3.63, 3.8) is 0 Å². The fourth-order valence-electron chi connectivity index (χ4n) is 1.13. The van der Waals surface area contributed by atoms with E-state index in [4.69, 9.17) is 0 Å². The summed E-state index contributed by atoms with van der Waals surface area (Å²) in [4.78, 5) is 10.8. The lowest BCUT2D eigenvalue weighted by Crippen LogP contribution is -2.10. The monoisotopic (exact) mass is 216 g/mol. The summed E-state index contributed by atoms with van der Waals surface area (Å²) in [5.41, 5.74) is -0.250. The van der Waals surface area contributed by atoms with Gasteiger partial charge >= 0.3 is 5.97 Å². The van der Waals surface area contributed by atoms with Crippen molar-refractivity contribution in [3.8, 4) is 0 Å². The van der Waals surface area contributed by atoms with Gasteiger partial charge in [-0.2, -0.15) is 0 Å². The van der Waals surface area contributed by atoms with Crippen molar-refractivity contribution in [2.45, 2.75) is 12.5 Å². The van der Waals surface area contributed by atoms with E-state index in [1.807, 2.05) is 0 Å². The number of esters is 1. The van der Waals surface area contributed by atoms with Crippen LogP contribution in [0.15, 0.2) is 18.2 Å². The highest BCUT2D eigenvalue weighted by Gasteiger charge is 2.18. The molecule has 1 aromatic rings. The predicted octanol–water partition coefficient (Wildman–Crippen LogP) is 1.56. The molecule has 1 rings (SSSR count). The summed E-state index contributed by atoms with van der Waals surface area (Å²) in [6.45, 7) is 0. The van der Waals surface area contributed by atoms with Gasteiger partial charge in [0.05, 0.1) is 19.6 Å². The van der Waals surface area contributed by atoms with E-state index in [0.29, 0.717) is 0 Å². The summed E-state index contributed by atoms with van der Waals surface area (Å²) in [5.74, 6) is -2.89. The van der Waals surface area contributed by atoms with Crippen LogP contribution in [0, 0.1) is 11.6 Å². The summed E-state index contributed by atoms with van der Waals surface area (Å²) < 4.78 is 30.2. The molecule has 0 spiro atoms. The van der Waals surface area contributed by atoms with Crippen LogP contribution in [0.25, 0.3) is 0 Å². The molecule has 0 fully saturated rings. The third-order valence-corrected chi connectivity index (χ3v) is 1.93. The zero-order valence-corrected chi connectivity index (χ0v) is 8.04. The molecule has 0 radical (unpaired) electrons. The Morgan fingerprint density at radius 1 is 1.53 bits per heavy atom. The Morgan fingerprint density at radius 3 is 2.80 bits per heavy atom. The third kappa shape index (κ3) is 2.73. The van der Waals surface area contributed by atoms with Crippen LogP contribution in [0.5, 0.6) is 0 Å². The molecule has 0 aliphatic heterocycles. The average Bonchev–Trinajstić information content (AvgIpc) is 2.21. The molecule has 0 saturated heterocycles. The van der Waals surface area contributed by atoms with E-state index in [1.54, 1.807) is 0 Å².